The Bertz CT molecular complexity index is 656. The van der Waals surface area contributed by atoms with Crippen LogP contribution in [0.25, 0.3) is 0 Å². The minimum atomic E-state index is -0.105. The maximum Gasteiger partial charge on any atom is 0.321 e. The third kappa shape index (κ3) is 6.67. The predicted octanol–water partition coefficient (Wildman–Crippen LogP) is 3.58. The lowest BCUT2D eigenvalue weighted by molar-refractivity contribution is -0.122. The zero-order valence-electron chi connectivity index (χ0n) is 16.5. The van der Waals surface area contributed by atoms with Gasteiger partial charge in [-0.2, -0.15) is 0 Å². The second kappa shape index (κ2) is 10.7. The van der Waals surface area contributed by atoms with E-state index in [0.717, 1.165) is 39.0 Å². The SMILES string of the molecule is O=C(CC1CCN(C(=O)Nc2cccc(Cl)c2)CC1)NCCN1CCCCC1. The van der Waals surface area contributed by atoms with Crippen molar-refractivity contribution in [1.29, 1.82) is 0 Å². The van der Waals surface area contributed by atoms with Crippen molar-refractivity contribution >= 4 is 29.2 Å². The fourth-order valence-corrected chi connectivity index (χ4v) is 4.17. The summed E-state index contributed by atoms with van der Waals surface area (Å²) in [4.78, 5) is 28.8. The summed E-state index contributed by atoms with van der Waals surface area (Å²) >= 11 is 5.96. The van der Waals surface area contributed by atoms with E-state index >= 15 is 0 Å². The van der Waals surface area contributed by atoms with Crippen LogP contribution in [0.5, 0.6) is 0 Å². The van der Waals surface area contributed by atoms with E-state index in [1.165, 1.54) is 19.3 Å². The molecular formula is C21H31ClN4O2. The molecule has 2 aliphatic heterocycles. The van der Waals surface area contributed by atoms with E-state index in [2.05, 4.69) is 15.5 Å². The molecule has 3 amide bonds. The molecule has 0 bridgehead atoms. The van der Waals surface area contributed by atoms with Crippen LogP contribution in [0.1, 0.15) is 38.5 Å². The van der Waals surface area contributed by atoms with Gasteiger partial charge in [0.15, 0.2) is 0 Å². The number of halogens is 1. The van der Waals surface area contributed by atoms with Crippen LogP contribution in [0, 0.1) is 5.92 Å². The van der Waals surface area contributed by atoms with Crippen molar-refractivity contribution in [2.24, 2.45) is 5.92 Å². The van der Waals surface area contributed by atoms with Gasteiger partial charge in [0.05, 0.1) is 0 Å². The molecule has 154 valence electrons. The molecule has 1 aromatic rings. The van der Waals surface area contributed by atoms with Crippen LogP contribution < -0.4 is 10.6 Å². The average molecular weight is 407 g/mol. The van der Waals surface area contributed by atoms with Crippen LogP contribution in [-0.2, 0) is 4.79 Å². The quantitative estimate of drug-likeness (QED) is 0.758. The van der Waals surface area contributed by atoms with E-state index in [1.54, 1.807) is 12.1 Å². The number of hydrogen-bond donors (Lipinski definition) is 2. The molecule has 0 aliphatic carbocycles. The van der Waals surface area contributed by atoms with Crippen molar-refractivity contribution in [3.63, 3.8) is 0 Å². The number of anilines is 1. The fourth-order valence-electron chi connectivity index (χ4n) is 3.98. The first-order valence-electron chi connectivity index (χ1n) is 10.4. The fraction of sp³-hybridized carbons (Fsp3) is 0.619. The topological polar surface area (TPSA) is 64.7 Å². The van der Waals surface area contributed by atoms with Gasteiger partial charge < -0.3 is 20.4 Å². The van der Waals surface area contributed by atoms with Gasteiger partial charge >= 0.3 is 6.03 Å². The predicted molar refractivity (Wildman–Crippen MR) is 113 cm³/mol. The molecule has 28 heavy (non-hydrogen) atoms. The van der Waals surface area contributed by atoms with E-state index < -0.39 is 0 Å². The molecule has 2 heterocycles. The summed E-state index contributed by atoms with van der Waals surface area (Å²) in [5, 5.41) is 6.55. The standard InChI is InChI=1S/C21H31ClN4O2/c22-18-5-4-6-19(16-18)24-21(28)26-12-7-17(8-13-26)15-20(27)23-9-14-25-10-2-1-3-11-25/h4-6,16-17H,1-3,7-15H2,(H,23,27)(H,24,28). The van der Waals surface area contributed by atoms with Gasteiger partial charge in [-0.05, 0) is 62.9 Å². The molecule has 0 radical (unpaired) electrons. The average Bonchev–Trinajstić information content (AvgIpc) is 2.69. The van der Waals surface area contributed by atoms with Crippen molar-refractivity contribution < 1.29 is 9.59 Å². The van der Waals surface area contributed by atoms with Gasteiger partial charge in [0.1, 0.15) is 0 Å². The third-order valence-corrected chi connectivity index (χ3v) is 5.89. The number of nitrogens with zero attached hydrogens (tertiary/aromatic N) is 2. The van der Waals surface area contributed by atoms with Gasteiger partial charge in [-0.25, -0.2) is 4.79 Å². The maximum atomic E-state index is 12.4. The Morgan fingerprint density at radius 1 is 1.07 bits per heavy atom. The van der Waals surface area contributed by atoms with Gasteiger partial charge in [-0.15, -0.1) is 0 Å². The van der Waals surface area contributed by atoms with E-state index in [0.29, 0.717) is 36.1 Å². The Morgan fingerprint density at radius 3 is 2.54 bits per heavy atom. The highest BCUT2D eigenvalue weighted by Crippen LogP contribution is 2.22. The molecule has 2 N–H and O–H groups in total. The summed E-state index contributed by atoms with van der Waals surface area (Å²) in [5.41, 5.74) is 0.702. The second-order valence-corrected chi connectivity index (χ2v) is 8.26. The third-order valence-electron chi connectivity index (χ3n) is 5.65. The van der Waals surface area contributed by atoms with Gasteiger partial charge in [0.2, 0.25) is 5.91 Å². The number of hydrogen-bond acceptors (Lipinski definition) is 3. The molecule has 0 spiro atoms. The number of rotatable bonds is 6. The first-order valence-corrected chi connectivity index (χ1v) is 10.8. The highest BCUT2D eigenvalue weighted by Gasteiger charge is 2.24. The van der Waals surface area contributed by atoms with Crippen LogP contribution in [0.2, 0.25) is 5.02 Å². The molecule has 0 atom stereocenters. The van der Waals surface area contributed by atoms with Gasteiger partial charge in [0.25, 0.3) is 0 Å². The highest BCUT2D eigenvalue weighted by molar-refractivity contribution is 6.30. The molecule has 0 aromatic heterocycles. The molecule has 6 nitrogen and oxygen atoms in total. The van der Waals surface area contributed by atoms with Crippen molar-refractivity contribution in [2.45, 2.75) is 38.5 Å². The smallest absolute Gasteiger partial charge is 0.321 e. The summed E-state index contributed by atoms with van der Waals surface area (Å²) < 4.78 is 0. The summed E-state index contributed by atoms with van der Waals surface area (Å²) in [6.07, 6.45) is 6.17. The normalized spacial score (nSPS) is 18.7. The molecule has 2 aliphatic rings. The first-order chi connectivity index (χ1) is 13.6. The van der Waals surface area contributed by atoms with Crippen LogP contribution in [-0.4, -0.2) is 61.0 Å². The molecule has 2 fully saturated rings. The van der Waals surface area contributed by atoms with E-state index in [-0.39, 0.29) is 11.9 Å². The lowest BCUT2D eigenvalue weighted by Gasteiger charge is -2.32. The van der Waals surface area contributed by atoms with Crippen LogP contribution in [0.15, 0.2) is 24.3 Å². The van der Waals surface area contributed by atoms with E-state index in [1.807, 2.05) is 17.0 Å². The molecule has 2 saturated heterocycles. The molecule has 0 saturated carbocycles. The van der Waals surface area contributed by atoms with E-state index in [9.17, 15) is 9.59 Å². The second-order valence-electron chi connectivity index (χ2n) is 7.83. The van der Waals surface area contributed by atoms with Gasteiger partial charge in [-0.3, -0.25) is 4.79 Å². The maximum absolute atomic E-state index is 12.4. The molecular weight excluding hydrogens is 376 g/mol. The van der Waals surface area contributed by atoms with E-state index in [4.69, 9.17) is 11.6 Å². The Labute approximate surface area is 172 Å². The minimum absolute atomic E-state index is 0.105. The zero-order chi connectivity index (χ0) is 19.8. The van der Waals surface area contributed by atoms with Crippen molar-refractivity contribution in [3.05, 3.63) is 29.3 Å². The molecule has 7 heteroatoms. The van der Waals surface area contributed by atoms with Crippen LogP contribution >= 0.6 is 11.6 Å². The highest BCUT2D eigenvalue weighted by atomic mass is 35.5. The number of benzene rings is 1. The summed E-state index contributed by atoms with van der Waals surface area (Å²) in [6.45, 7) is 5.36. The van der Waals surface area contributed by atoms with Crippen LogP contribution in [0.4, 0.5) is 10.5 Å². The van der Waals surface area contributed by atoms with Crippen molar-refractivity contribution in [1.82, 2.24) is 15.1 Å². The number of likely N-dealkylation sites (tertiary alicyclic amines) is 2. The molecule has 1 aromatic carbocycles. The number of urea groups is 1. The largest absolute Gasteiger partial charge is 0.355 e. The lowest BCUT2D eigenvalue weighted by Crippen LogP contribution is -2.42. The number of carbonyl (C=O) groups is 2. The molecule has 3 rings (SSSR count). The lowest BCUT2D eigenvalue weighted by atomic mass is 9.93. The monoisotopic (exact) mass is 406 g/mol. The zero-order valence-corrected chi connectivity index (χ0v) is 17.2. The summed E-state index contributed by atoms with van der Waals surface area (Å²) in [7, 11) is 0. The van der Waals surface area contributed by atoms with Crippen molar-refractivity contribution in [2.75, 3.05) is 44.6 Å². The number of amides is 3. The van der Waals surface area contributed by atoms with Gasteiger partial charge in [0, 0.05) is 43.3 Å². The Hall–Kier alpha value is -1.79. The van der Waals surface area contributed by atoms with Gasteiger partial charge in [-0.1, -0.05) is 24.1 Å². The summed E-state index contributed by atoms with van der Waals surface area (Å²) in [5.74, 6) is 0.490. The Morgan fingerprint density at radius 2 is 1.82 bits per heavy atom. The Balaban J connectivity index is 1.32. The first kappa shape index (κ1) is 20.9. The minimum Gasteiger partial charge on any atom is -0.355 e. The number of piperidine rings is 2. The molecule has 0 unspecified atom stereocenters. The Kier molecular flexibility index (Phi) is 7.98. The number of carbonyl (C=O) groups excluding carboxylic acids is 2. The number of nitrogens with one attached hydrogen (secondary N) is 2. The van der Waals surface area contributed by atoms with Crippen LogP contribution in [0.3, 0.4) is 0 Å². The van der Waals surface area contributed by atoms with Crippen molar-refractivity contribution in [3.8, 4) is 0 Å². The summed E-state index contributed by atoms with van der Waals surface area (Å²) in [6, 6.07) is 7.05.